The van der Waals surface area contributed by atoms with Crippen LogP contribution in [0.25, 0.3) is 0 Å². The van der Waals surface area contributed by atoms with E-state index in [9.17, 15) is 0 Å². The molecule has 0 fully saturated rings. The van der Waals surface area contributed by atoms with Crippen LogP contribution in [0, 0.1) is 11.8 Å². The molecule has 0 aliphatic heterocycles. The molecule has 1 unspecified atom stereocenters. The van der Waals surface area contributed by atoms with E-state index < -0.39 is 5.72 Å². The molecule has 0 aliphatic rings. The second-order valence-electron chi connectivity index (χ2n) is 5.98. The molecule has 0 bridgehead atoms. The Bertz CT molecular complexity index is 447. The number of rotatable bonds is 12. The fraction of sp³-hybridized carbons (Fsp3) is 0.789. The van der Waals surface area contributed by atoms with Crippen LogP contribution in [0.4, 0.5) is 0 Å². The van der Waals surface area contributed by atoms with Crippen molar-refractivity contribution in [1.82, 2.24) is 14.8 Å². The summed E-state index contributed by atoms with van der Waals surface area (Å²) >= 11 is 0. The molecule has 0 N–H and O–H groups in total. The average Bonchev–Trinajstić information content (AvgIpc) is 3.09. The second-order valence-corrected chi connectivity index (χ2v) is 5.98. The number of hydrogen-bond acceptors (Lipinski definition) is 3. The molecule has 1 rings (SSSR count). The predicted molar refractivity (Wildman–Crippen MR) is 94.9 cm³/mol. The normalized spacial score (nSPS) is 13.3. The molecule has 1 atom stereocenters. The lowest BCUT2D eigenvalue weighted by atomic mass is 10.0. The smallest absolute Gasteiger partial charge is 0.225 e. The molecular weight excluding hydrogens is 286 g/mol. The highest BCUT2D eigenvalue weighted by Gasteiger charge is 2.31. The molecule has 0 saturated carbocycles. The largest absolute Gasteiger partial charge is 0.344 e. The number of hydrogen-bond donors (Lipinski definition) is 0. The first kappa shape index (κ1) is 19.7. The van der Waals surface area contributed by atoms with Gasteiger partial charge in [-0.1, -0.05) is 58.3 Å². The lowest BCUT2D eigenvalue weighted by molar-refractivity contribution is -0.0703. The van der Waals surface area contributed by atoms with Crippen molar-refractivity contribution in [3.8, 4) is 11.8 Å². The summed E-state index contributed by atoms with van der Waals surface area (Å²) in [5.74, 6) is 6.71. The molecule has 130 valence electrons. The summed E-state index contributed by atoms with van der Waals surface area (Å²) in [6.45, 7) is 7.09. The van der Waals surface area contributed by atoms with Crippen LogP contribution in [0.15, 0.2) is 12.7 Å². The van der Waals surface area contributed by atoms with E-state index in [1.165, 1.54) is 38.5 Å². The minimum atomic E-state index is -0.649. The van der Waals surface area contributed by atoms with Crippen molar-refractivity contribution in [2.24, 2.45) is 0 Å². The Hall–Kier alpha value is -1.34. The Labute approximate surface area is 142 Å². The summed E-state index contributed by atoms with van der Waals surface area (Å²) in [6, 6.07) is 0. The molecule has 0 aliphatic carbocycles. The van der Waals surface area contributed by atoms with Crippen LogP contribution in [0.1, 0.15) is 85.0 Å². The second kappa shape index (κ2) is 12.1. The molecule has 0 saturated heterocycles. The van der Waals surface area contributed by atoms with Crippen LogP contribution in [-0.2, 0) is 10.5 Å². The summed E-state index contributed by atoms with van der Waals surface area (Å²) in [7, 11) is 0. The predicted octanol–water partition coefficient (Wildman–Crippen LogP) is 4.91. The first-order chi connectivity index (χ1) is 11.3. The van der Waals surface area contributed by atoms with Gasteiger partial charge in [-0.15, -0.1) is 0 Å². The van der Waals surface area contributed by atoms with E-state index in [0.717, 1.165) is 25.7 Å². The molecule has 0 aromatic carbocycles. The maximum absolute atomic E-state index is 6.07. The topological polar surface area (TPSA) is 39.9 Å². The SMILES string of the molecule is CCCCCCC#CC(CCCCCC)(OCC)n1cncn1. The lowest BCUT2D eigenvalue weighted by Gasteiger charge is -2.28. The highest BCUT2D eigenvalue weighted by molar-refractivity contribution is 5.11. The van der Waals surface area contributed by atoms with Gasteiger partial charge in [0.15, 0.2) is 0 Å². The van der Waals surface area contributed by atoms with E-state index in [1.807, 2.05) is 6.92 Å². The molecule has 0 radical (unpaired) electrons. The van der Waals surface area contributed by atoms with Gasteiger partial charge in [-0.3, -0.25) is 0 Å². The fourth-order valence-corrected chi connectivity index (χ4v) is 2.67. The molecule has 0 amide bonds. The summed E-state index contributed by atoms with van der Waals surface area (Å²) < 4.78 is 7.86. The summed E-state index contributed by atoms with van der Waals surface area (Å²) in [5.41, 5.74) is -0.649. The van der Waals surface area contributed by atoms with Gasteiger partial charge < -0.3 is 4.74 Å². The van der Waals surface area contributed by atoms with Crippen molar-refractivity contribution in [1.29, 1.82) is 0 Å². The zero-order chi connectivity index (χ0) is 16.8. The molecule has 4 nitrogen and oxygen atoms in total. The van der Waals surface area contributed by atoms with Crippen LogP contribution < -0.4 is 0 Å². The zero-order valence-corrected chi connectivity index (χ0v) is 15.2. The van der Waals surface area contributed by atoms with Gasteiger partial charge in [0.05, 0.1) is 0 Å². The van der Waals surface area contributed by atoms with E-state index in [4.69, 9.17) is 4.74 Å². The third-order valence-corrected chi connectivity index (χ3v) is 3.98. The third kappa shape index (κ3) is 7.18. The molecule has 1 heterocycles. The van der Waals surface area contributed by atoms with Crippen molar-refractivity contribution in [2.45, 2.75) is 90.7 Å². The summed E-state index contributed by atoms with van der Waals surface area (Å²) in [4.78, 5) is 4.09. The molecule has 0 spiro atoms. The maximum atomic E-state index is 6.07. The van der Waals surface area contributed by atoms with Crippen molar-refractivity contribution in [3.63, 3.8) is 0 Å². The first-order valence-electron chi connectivity index (χ1n) is 9.28. The quantitative estimate of drug-likeness (QED) is 0.406. The van der Waals surface area contributed by atoms with Gasteiger partial charge >= 0.3 is 0 Å². The molecule has 1 aromatic rings. The van der Waals surface area contributed by atoms with Crippen LogP contribution in [0.3, 0.4) is 0 Å². The van der Waals surface area contributed by atoms with Gasteiger partial charge in [0.1, 0.15) is 12.7 Å². The van der Waals surface area contributed by atoms with Crippen molar-refractivity contribution < 1.29 is 4.74 Å². The highest BCUT2D eigenvalue weighted by atomic mass is 16.5. The molecule has 1 aromatic heterocycles. The van der Waals surface area contributed by atoms with Gasteiger partial charge in [0, 0.05) is 19.4 Å². The van der Waals surface area contributed by atoms with E-state index in [2.05, 4.69) is 35.8 Å². The van der Waals surface area contributed by atoms with Crippen LogP contribution in [0.5, 0.6) is 0 Å². The Balaban J connectivity index is 2.74. The van der Waals surface area contributed by atoms with Gasteiger partial charge in [-0.25, -0.2) is 9.67 Å². The van der Waals surface area contributed by atoms with Crippen LogP contribution >= 0.6 is 0 Å². The Morgan fingerprint density at radius 1 is 1.00 bits per heavy atom. The summed E-state index contributed by atoms with van der Waals surface area (Å²) in [5, 5.41) is 4.31. The number of nitrogens with zero attached hydrogens (tertiary/aromatic N) is 3. The van der Waals surface area contributed by atoms with Crippen molar-refractivity contribution in [2.75, 3.05) is 6.61 Å². The van der Waals surface area contributed by atoms with E-state index in [-0.39, 0.29) is 0 Å². The summed E-state index contributed by atoms with van der Waals surface area (Å²) in [6.07, 6.45) is 14.8. The maximum Gasteiger partial charge on any atom is 0.225 e. The van der Waals surface area contributed by atoms with E-state index in [1.54, 1.807) is 17.3 Å². The number of ether oxygens (including phenoxy) is 1. The van der Waals surface area contributed by atoms with E-state index >= 15 is 0 Å². The average molecular weight is 319 g/mol. The highest BCUT2D eigenvalue weighted by Crippen LogP contribution is 2.24. The Morgan fingerprint density at radius 3 is 2.35 bits per heavy atom. The lowest BCUT2D eigenvalue weighted by Crippen LogP contribution is -2.36. The minimum absolute atomic E-state index is 0.623. The molecule has 4 heteroatoms. The number of aromatic nitrogens is 3. The Morgan fingerprint density at radius 2 is 1.74 bits per heavy atom. The molecule has 23 heavy (non-hydrogen) atoms. The number of unbranched alkanes of at least 4 members (excludes halogenated alkanes) is 7. The third-order valence-electron chi connectivity index (χ3n) is 3.98. The standard InChI is InChI=1S/C19H33N3O/c1-4-7-9-11-12-14-16-19(23-6-3,15-13-10-8-5-2)22-18-20-17-21-22/h17-18H,4-13,15H2,1-3H3. The Kier molecular flexibility index (Phi) is 10.4. The molecular formula is C19H33N3O. The van der Waals surface area contributed by atoms with Gasteiger partial charge in [0.2, 0.25) is 5.72 Å². The van der Waals surface area contributed by atoms with Crippen LogP contribution in [0.2, 0.25) is 0 Å². The van der Waals surface area contributed by atoms with E-state index in [0.29, 0.717) is 6.61 Å². The van der Waals surface area contributed by atoms with Crippen LogP contribution in [-0.4, -0.2) is 21.4 Å². The van der Waals surface area contributed by atoms with Gasteiger partial charge in [0.25, 0.3) is 0 Å². The first-order valence-corrected chi connectivity index (χ1v) is 9.28. The monoisotopic (exact) mass is 319 g/mol. The van der Waals surface area contributed by atoms with Crippen molar-refractivity contribution >= 4 is 0 Å². The fourth-order valence-electron chi connectivity index (χ4n) is 2.67. The van der Waals surface area contributed by atoms with Gasteiger partial charge in [-0.05, 0) is 25.7 Å². The van der Waals surface area contributed by atoms with Gasteiger partial charge in [-0.2, -0.15) is 5.10 Å². The zero-order valence-electron chi connectivity index (χ0n) is 15.2. The minimum Gasteiger partial charge on any atom is -0.344 e. The van der Waals surface area contributed by atoms with Crippen molar-refractivity contribution in [3.05, 3.63) is 12.7 Å².